The van der Waals surface area contributed by atoms with Crippen LogP contribution in [0.5, 0.6) is 0 Å². The number of carbonyl (C=O) groups is 2. The van der Waals surface area contributed by atoms with Crippen LogP contribution in [0, 0.1) is 0 Å². The summed E-state index contributed by atoms with van der Waals surface area (Å²) >= 11 is 0. The van der Waals surface area contributed by atoms with Crippen molar-refractivity contribution in [1.29, 1.82) is 0 Å². The number of hydrogen-bond donors (Lipinski definition) is 1. The number of carbonyl (C=O) groups excluding carboxylic acids is 2. The maximum absolute atomic E-state index is 11.9. The molecule has 3 rings (SSSR count). The molecule has 0 saturated heterocycles. The van der Waals surface area contributed by atoms with E-state index in [1.165, 1.54) is 19.8 Å². The van der Waals surface area contributed by atoms with Crippen LogP contribution in [-0.4, -0.2) is 41.2 Å². The highest BCUT2D eigenvalue weighted by molar-refractivity contribution is 5.99. The zero-order chi connectivity index (χ0) is 20.1. The maximum atomic E-state index is 11.9. The van der Waals surface area contributed by atoms with E-state index in [2.05, 4.69) is 31.9 Å². The zero-order valence-corrected chi connectivity index (χ0v) is 15.8. The quantitative estimate of drug-likeness (QED) is 0.519. The molecule has 0 atom stereocenters. The summed E-state index contributed by atoms with van der Waals surface area (Å²) in [6.45, 7) is 2.10. The molecule has 0 aliphatic heterocycles. The number of rotatable bonds is 6. The van der Waals surface area contributed by atoms with Gasteiger partial charge in [-0.3, -0.25) is 0 Å². The molecule has 0 aliphatic rings. The molecule has 8 heteroatoms. The molecule has 1 N–H and O–H groups in total. The monoisotopic (exact) mass is 380 g/mol. The summed E-state index contributed by atoms with van der Waals surface area (Å²) in [7, 11) is 2.46. The molecule has 0 unspecified atom stereocenters. The van der Waals surface area contributed by atoms with Gasteiger partial charge in [-0.1, -0.05) is 19.1 Å². The van der Waals surface area contributed by atoms with Gasteiger partial charge >= 0.3 is 11.9 Å². The van der Waals surface area contributed by atoms with Gasteiger partial charge in [0.1, 0.15) is 16.7 Å². The Balaban J connectivity index is 1.90. The first-order valence-electron chi connectivity index (χ1n) is 8.65. The SMILES string of the molecule is CCc1ccc(-n2nc3ccc(N/C(=C/C(=O)OC)C(=O)OC)cc3n2)cc1. The zero-order valence-electron chi connectivity index (χ0n) is 15.8. The van der Waals surface area contributed by atoms with E-state index < -0.39 is 11.9 Å². The predicted octanol–water partition coefficient (Wildman–Crippen LogP) is 2.62. The Morgan fingerprint density at radius 2 is 1.75 bits per heavy atom. The Kier molecular flexibility index (Phi) is 5.69. The fourth-order valence-corrected chi connectivity index (χ4v) is 2.56. The first-order chi connectivity index (χ1) is 13.5. The molecule has 1 heterocycles. The molecule has 0 bridgehead atoms. The Bertz CT molecular complexity index is 1040. The third kappa shape index (κ3) is 4.17. The highest BCUT2D eigenvalue weighted by Gasteiger charge is 2.14. The minimum atomic E-state index is -0.690. The standard InChI is InChI=1S/C20H20N4O4/c1-4-13-5-8-15(9-6-13)24-22-16-10-7-14(11-17(16)23-24)21-18(20(26)28-3)12-19(25)27-2/h5-12,21H,4H2,1-3H3/b18-12+. The highest BCUT2D eigenvalue weighted by atomic mass is 16.5. The fraction of sp³-hybridized carbons (Fsp3) is 0.200. The van der Waals surface area contributed by atoms with Gasteiger partial charge in [0, 0.05) is 5.69 Å². The molecular weight excluding hydrogens is 360 g/mol. The van der Waals surface area contributed by atoms with E-state index in [1.54, 1.807) is 23.0 Å². The van der Waals surface area contributed by atoms with Crippen LogP contribution in [0.1, 0.15) is 12.5 Å². The summed E-state index contributed by atoms with van der Waals surface area (Å²) in [6, 6.07) is 13.2. The number of aromatic nitrogens is 3. The number of nitrogens with one attached hydrogen (secondary N) is 1. The maximum Gasteiger partial charge on any atom is 0.354 e. The molecule has 2 aromatic carbocycles. The van der Waals surface area contributed by atoms with Gasteiger partial charge < -0.3 is 14.8 Å². The van der Waals surface area contributed by atoms with Crippen molar-refractivity contribution in [2.45, 2.75) is 13.3 Å². The molecule has 8 nitrogen and oxygen atoms in total. The lowest BCUT2D eigenvalue weighted by Crippen LogP contribution is -2.15. The number of methoxy groups -OCH3 is 2. The fourth-order valence-electron chi connectivity index (χ4n) is 2.56. The van der Waals surface area contributed by atoms with Gasteiger partial charge in [0.2, 0.25) is 0 Å². The third-order valence-electron chi connectivity index (χ3n) is 4.10. The van der Waals surface area contributed by atoms with Gasteiger partial charge in [0.15, 0.2) is 0 Å². The van der Waals surface area contributed by atoms with Crippen molar-refractivity contribution in [3.8, 4) is 5.69 Å². The Hall–Kier alpha value is -3.68. The number of anilines is 1. The van der Waals surface area contributed by atoms with Gasteiger partial charge in [0.05, 0.1) is 26.0 Å². The van der Waals surface area contributed by atoms with Crippen LogP contribution in [-0.2, 0) is 25.5 Å². The van der Waals surface area contributed by atoms with E-state index in [0.29, 0.717) is 16.7 Å². The predicted molar refractivity (Wildman–Crippen MR) is 104 cm³/mol. The van der Waals surface area contributed by atoms with Crippen molar-refractivity contribution in [1.82, 2.24) is 15.0 Å². The number of hydrogen-bond acceptors (Lipinski definition) is 7. The van der Waals surface area contributed by atoms with Crippen molar-refractivity contribution >= 4 is 28.7 Å². The normalized spacial score (nSPS) is 11.3. The second kappa shape index (κ2) is 8.34. The summed E-state index contributed by atoms with van der Waals surface area (Å²) in [5, 5.41) is 11.8. The number of nitrogens with zero attached hydrogens (tertiary/aromatic N) is 3. The highest BCUT2D eigenvalue weighted by Crippen LogP contribution is 2.19. The van der Waals surface area contributed by atoms with Crippen LogP contribution < -0.4 is 5.32 Å². The van der Waals surface area contributed by atoms with Crippen LogP contribution in [0.3, 0.4) is 0 Å². The van der Waals surface area contributed by atoms with Gasteiger partial charge in [-0.15, -0.1) is 10.2 Å². The van der Waals surface area contributed by atoms with Crippen LogP contribution in [0.4, 0.5) is 5.69 Å². The van der Waals surface area contributed by atoms with Gasteiger partial charge in [-0.05, 0) is 42.3 Å². The molecule has 0 spiro atoms. The molecule has 0 saturated carbocycles. The van der Waals surface area contributed by atoms with Crippen LogP contribution in [0.2, 0.25) is 0 Å². The van der Waals surface area contributed by atoms with Crippen LogP contribution in [0.15, 0.2) is 54.2 Å². The van der Waals surface area contributed by atoms with Gasteiger partial charge in [-0.25, -0.2) is 9.59 Å². The summed E-state index contributed by atoms with van der Waals surface area (Å²) < 4.78 is 9.25. The number of ether oxygens (including phenoxy) is 2. The van der Waals surface area contributed by atoms with Crippen LogP contribution >= 0.6 is 0 Å². The van der Waals surface area contributed by atoms with Gasteiger partial charge in [0.25, 0.3) is 0 Å². The molecule has 1 aromatic heterocycles. The number of benzene rings is 2. The van der Waals surface area contributed by atoms with Crippen molar-refractivity contribution in [3.05, 3.63) is 59.8 Å². The van der Waals surface area contributed by atoms with Crippen molar-refractivity contribution in [3.63, 3.8) is 0 Å². The third-order valence-corrected chi connectivity index (χ3v) is 4.10. The molecule has 144 valence electrons. The van der Waals surface area contributed by atoms with Gasteiger partial charge in [-0.2, -0.15) is 4.80 Å². The molecule has 3 aromatic rings. The minimum Gasteiger partial charge on any atom is -0.466 e. The molecule has 0 aliphatic carbocycles. The molecule has 0 fully saturated rings. The minimum absolute atomic E-state index is 0.0451. The number of esters is 2. The molecule has 0 radical (unpaired) electrons. The summed E-state index contributed by atoms with van der Waals surface area (Å²) in [4.78, 5) is 24.9. The first-order valence-corrected chi connectivity index (χ1v) is 8.65. The average molecular weight is 380 g/mol. The second-order valence-electron chi connectivity index (χ2n) is 5.91. The number of aryl methyl sites for hydroxylation is 1. The van der Waals surface area contributed by atoms with E-state index in [-0.39, 0.29) is 5.70 Å². The topological polar surface area (TPSA) is 95.3 Å². The van der Waals surface area contributed by atoms with Crippen LogP contribution in [0.25, 0.3) is 16.7 Å². The van der Waals surface area contributed by atoms with E-state index in [1.807, 2.05) is 24.3 Å². The van der Waals surface area contributed by atoms with E-state index in [0.717, 1.165) is 18.2 Å². The first kappa shape index (κ1) is 19.1. The molecular formula is C20H20N4O4. The smallest absolute Gasteiger partial charge is 0.354 e. The lowest BCUT2D eigenvalue weighted by Gasteiger charge is -2.08. The van der Waals surface area contributed by atoms with E-state index >= 15 is 0 Å². The second-order valence-corrected chi connectivity index (χ2v) is 5.91. The van der Waals surface area contributed by atoms with Crippen molar-refractivity contribution in [2.75, 3.05) is 19.5 Å². The molecule has 28 heavy (non-hydrogen) atoms. The average Bonchev–Trinajstić information content (AvgIpc) is 3.16. The largest absolute Gasteiger partial charge is 0.466 e. The van der Waals surface area contributed by atoms with E-state index in [4.69, 9.17) is 0 Å². The van der Waals surface area contributed by atoms with Crippen molar-refractivity contribution in [2.24, 2.45) is 0 Å². The Morgan fingerprint density at radius 3 is 2.39 bits per heavy atom. The lowest BCUT2D eigenvalue weighted by molar-refractivity contribution is -0.138. The Morgan fingerprint density at radius 1 is 1.04 bits per heavy atom. The molecule has 0 amide bonds. The Labute approximate surface area is 161 Å². The summed E-state index contributed by atoms with van der Waals surface area (Å²) in [5.41, 5.74) is 3.93. The van der Waals surface area contributed by atoms with Crippen molar-refractivity contribution < 1.29 is 19.1 Å². The lowest BCUT2D eigenvalue weighted by atomic mass is 10.2. The number of fused-ring (bicyclic) bond motifs is 1. The van der Waals surface area contributed by atoms with E-state index in [9.17, 15) is 9.59 Å². The summed E-state index contributed by atoms with van der Waals surface area (Å²) in [5.74, 6) is -1.36. The summed E-state index contributed by atoms with van der Waals surface area (Å²) in [6.07, 6.45) is 1.99.